The van der Waals surface area contributed by atoms with Crippen molar-refractivity contribution in [2.45, 2.75) is 12.5 Å². The fraction of sp³-hybridized carbons (Fsp3) is 0.545. The van der Waals surface area contributed by atoms with Gasteiger partial charge in [-0.05, 0) is 0 Å². The molecule has 0 amide bonds. The second-order valence-electron chi connectivity index (χ2n) is 4.30. The molecule has 0 radical (unpaired) electrons. The van der Waals surface area contributed by atoms with E-state index in [0.717, 1.165) is 13.2 Å². The van der Waals surface area contributed by atoms with Crippen molar-refractivity contribution in [2.24, 2.45) is 7.05 Å². The van der Waals surface area contributed by atoms with Crippen LogP contribution in [0.5, 0.6) is 0 Å². The van der Waals surface area contributed by atoms with Gasteiger partial charge in [0.05, 0.1) is 13.2 Å². The van der Waals surface area contributed by atoms with E-state index in [1.807, 2.05) is 17.8 Å². The van der Waals surface area contributed by atoms with Gasteiger partial charge < -0.3 is 19.1 Å². The number of aryl methyl sites for hydroxylation is 1. The lowest BCUT2D eigenvalue weighted by Gasteiger charge is -2.22. The molecule has 7 nitrogen and oxygen atoms in total. The maximum absolute atomic E-state index is 5.38. The summed E-state index contributed by atoms with van der Waals surface area (Å²) >= 11 is 0. The number of morpholine rings is 1. The minimum atomic E-state index is 0.244. The molecule has 1 N–H and O–H groups in total. The third-order valence-corrected chi connectivity index (χ3v) is 2.91. The Bertz CT molecular complexity index is 515. The van der Waals surface area contributed by atoms with Gasteiger partial charge in [0.25, 0.3) is 0 Å². The van der Waals surface area contributed by atoms with Crippen LogP contribution in [-0.2, 0) is 18.2 Å². The number of ether oxygens (including phenoxy) is 1. The summed E-state index contributed by atoms with van der Waals surface area (Å²) in [6.45, 7) is 2.31. The number of nitrogens with one attached hydrogen (secondary N) is 1. The number of imidazole rings is 1. The van der Waals surface area contributed by atoms with Crippen LogP contribution < -0.4 is 5.32 Å². The summed E-state index contributed by atoms with van der Waals surface area (Å²) < 4.78 is 12.5. The van der Waals surface area contributed by atoms with Crippen LogP contribution >= 0.6 is 0 Å². The standard InChI is InChI=1S/C11H15N5O2/c1-16-4-2-13-11(16)10-14-9(18-15-10)6-8-7-17-5-3-12-8/h2,4,8,12H,3,5-7H2,1H3. The van der Waals surface area contributed by atoms with Crippen LogP contribution in [0.25, 0.3) is 11.6 Å². The fourth-order valence-electron chi connectivity index (χ4n) is 1.97. The smallest absolute Gasteiger partial charge is 0.238 e. The zero-order valence-electron chi connectivity index (χ0n) is 10.2. The molecule has 1 aliphatic rings. The number of nitrogens with zero attached hydrogens (tertiary/aromatic N) is 4. The predicted molar refractivity (Wildman–Crippen MR) is 62.8 cm³/mol. The summed E-state index contributed by atoms with van der Waals surface area (Å²) in [4.78, 5) is 8.53. The molecule has 96 valence electrons. The molecule has 2 aromatic heterocycles. The van der Waals surface area contributed by atoms with Gasteiger partial charge in [0, 0.05) is 38.4 Å². The molecule has 1 aliphatic heterocycles. The van der Waals surface area contributed by atoms with Gasteiger partial charge in [0.2, 0.25) is 11.7 Å². The maximum Gasteiger partial charge on any atom is 0.238 e. The zero-order valence-corrected chi connectivity index (χ0v) is 10.2. The van der Waals surface area contributed by atoms with E-state index < -0.39 is 0 Å². The van der Waals surface area contributed by atoms with Crippen molar-refractivity contribution in [3.8, 4) is 11.6 Å². The van der Waals surface area contributed by atoms with Gasteiger partial charge in [-0.1, -0.05) is 5.16 Å². The second kappa shape index (κ2) is 4.87. The van der Waals surface area contributed by atoms with Crippen molar-refractivity contribution in [3.05, 3.63) is 18.3 Å². The predicted octanol–water partition coefficient (Wildman–Crippen LogP) is 0.001000. The molecular weight excluding hydrogens is 234 g/mol. The number of rotatable bonds is 3. The highest BCUT2D eigenvalue weighted by Gasteiger charge is 2.18. The summed E-state index contributed by atoms with van der Waals surface area (Å²) in [5.41, 5.74) is 0. The summed E-state index contributed by atoms with van der Waals surface area (Å²) in [7, 11) is 1.90. The van der Waals surface area contributed by atoms with Crippen LogP contribution in [0.15, 0.2) is 16.9 Å². The lowest BCUT2D eigenvalue weighted by Crippen LogP contribution is -2.42. The summed E-state index contributed by atoms with van der Waals surface area (Å²) in [6.07, 6.45) is 4.24. The Hall–Kier alpha value is -1.73. The maximum atomic E-state index is 5.38. The van der Waals surface area contributed by atoms with E-state index in [2.05, 4.69) is 20.4 Å². The first kappa shape index (κ1) is 11.4. The van der Waals surface area contributed by atoms with Crippen molar-refractivity contribution in [1.82, 2.24) is 25.0 Å². The molecule has 1 saturated heterocycles. The first-order valence-corrected chi connectivity index (χ1v) is 5.94. The largest absolute Gasteiger partial charge is 0.378 e. The molecule has 18 heavy (non-hydrogen) atoms. The summed E-state index contributed by atoms with van der Waals surface area (Å²) in [5, 5.41) is 7.30. The van der Waals surface area contributed by atoms with Crippen LogP contribution in [0.2, 0.25) is 0 Å². The van der Waals surface area contributed by atoms with Crippen LogP contribution in [0.3, 0.4) is 0 Å². The third-order valence-electron chi connectivity index (χ3n) is 2.91. The van der Waals surface area contributed by atoms with E-state index in [1.54, 1.807) is 6.20 Å². The van der Waals surface area contributed by atoms with Gasteiger partial charge in [-0.2, -0.15) is 4.98 Å². The first-order valence-electron chi connectivity index (χ1n) is 5.94. The van der Waals surface area contributed by atoms with Crippen LogP contribution in [-0.4, -0.2) is 45.5 Å². The van der Waals surface area contributed by atoms with Crippen molar-refractivity contribution in [3.63, 3.8) is 0 Å². The number of hydrogen-bond acceptors (Lipinski definition) is 6. The Balaban J connectivity index is 1.71. The highest BCUT2D eigenvalue weighted by atomic mass is 16.5. The summed E-state index contributed by atoms with van der Waals surface area (Å²) in [5.74, 6) is 1.84. The van der Waals surface area contributed by atoms with Gasteiger partial charge in [-0.25, -0.2) is 4.98 Å². The van der Waals surface area contributed by atoms with Crippen LogP contribution in [0.4, 0.5) is 0 Å². The Labute approximate surface area is 104 Å². The molecule has 3 heterocycles. The Morgan fingerprint density at radius 2 is 2.50 bits per heavy atom. The molecule has 1 atom stereocenters. The van der Waals surface area contributed by atoms with Crippen molar-refractivity contribution in [1.29, 1.82) is 0 Å². The molecule has 2 aromatic rings. The molecular formula is C11H15N5O2. The molecule has 1 unspecified atom stereocenters. The van der Waals surface area contributed by atoms with Crippen LogP contribution in [0.1, 0.15) is 5.89 Å². The minimum absolute atomic E-state index is 0.244. The van der Waals surface area contributed by atoms with Crippen molar-refractivity contribution < 1.29 is 9.26 Å². The Morgan fingerprint density at radius 1 is 1.56 bits per heavy atom. The molecule has 1 fully saturated rings. The molecule has 0 saturated carbocycles. The third kappa shape index (κ3) is 2.27. The second-order valence-corrected chi connectivity index (χ2v) is 4.30. The normalized spacial score (nSPS) is 20.2. The van der Waals surface area contributed by atoms with Crippen molar-refractivity contribution in [2.75, 3.05) is 19.8 Å². The quantitative estimate of drug-likeness (QED) is 0.825. The first-order chi connectivity index (χ1) is 8.83. The SMILES string of the molecule is Cn1ccnc1-c1noc(CC2COCCN2)n1. The molecule has 3 rings (SSSR count). The lowest BCUT2D eigenvalue weighted by atomic mass is 10.2. The molecule has 7 heteroatoms. The van der Waals surface area contributed by atoms with E-state index >= 15 is 0 Å². The molecule has 0 spiro atoms. The zero-order chi connectivity index (χ0) is 12.4. The van der Waals surface area contributed by atoms with Crippen LogP contribution in [0, 0.1) is 0 Å². The average molecular weight is 249 g/mol. The molecule has 0 aliphatic carbocycles. The minimum Gasteiger partial charge on any atom is -0.378 e. The van der Waals surface area contributed by atoms with E-state index in [1.165, 1.54) is 0 Å². The highest BCUT2D eigenvalue weighted by Crippen LogP contribution is 2.13. The average Bonchev–Trinajstić information content (AvgIpc) is 2.99. The van der Waals surface area contributed by atoms with E-state index in [0.29, 0.717) is 30.6 Å². The number of hydrogen-bond donors (Lipinski definition) is 1. The highest BCUT2D eigenvalue weighted by molar-refractivity contribution is 5.42. The fourth-order valence-corrected chi connectivity index (χ4v) is 1.97. The topological polar surface area (TPSA) is 78.0 Å². The molecule has 0 aromatic carbocycles. The Morgan fingerprint density at radius 3 is 3.22 bits per heavy atom. The lowest BCUT2D eigenvalue weighted by molar-refractivity contribution is 0.0744. The Kier molecular flexibility index (Phi) is 3.07. The van der Waals surface area contributed by atoms with Gasteiger partial charge in [0.1, 0.15) is 0 Å². The van der Waals surface area contributed by atoms with Crippen molar-refractivity contribution >= 4 is 0 Å². The monoisotopic (exact) mass is 249 g/mol. The van der Waals surface area contributed by atoms with E-state index in [4.69, 9.17) is 9.26 Å². The van der Waals surface area contributed by atoms with Gasteiger partial charge in [0.15, 0.2) is 5.82 Å². The van der Waals surface area contributed by atoms with E-state index in [9.17, 15) is 0 Å². The molecule has 0 bridgehead atoms. The van der Waals surface area contributed by atoms with Gasteiger partial charge >= 0.3 is 0 Å². The number of aromatic nitrogens is 4. The van der Waals surface area contributed by atoms with E-state index in [-0.39, 0.29) is 6.04 Å². The van der Waals surface area contributed by atoms with Gasteiger partial charge in [-0.15, -0.1) is 0 Å². The summed E-state index contributed by atoms with van der Waals surface area (Å²) in [6, 6.07) is 0.244. The van der Waals surface area contributed by atoms with Gasteiger partial charge in [-0.3, -0.25) is 0 Å².